The van der Waals surface area contributed by atoms with Crippen LogP contribution in [0.5, 0.6) is 0 Å². The summed E-state index contributed by atoms with van der Waals surface area (Å²) in [5.41, 5.74) is 0. The zero-order valence-electron chi connectivity index (χ0n) is 4.93. The Bertz CT molecular complexity index is 178. The van der Waals surface area contributed by atoms with Gasteiger partial charge in [0.2, 0.25) is 0 Å². The zero-order valence-corrected chi connectivity index (χ0v) is 8.15. The van der Waals surface area contributed by atoms with Crippen LogP contribution in [0.1, 0.15) is 14.4 Å². The van der Waals surface area contributed by atoms with Crippen LogP contribution in [-0.4, -0.2) is 14.7 Å². The third-order valence-electron chi connectivity index (χ3n) is 0.775. The van der Waals surface area contributed by atoms with Gasteiger partial charge in [0.15, 0.2) is 0 Å². The molecule has 0 spiro atoms. The van der Waals surface area contributed by atoms with Crippen molar-refractivity contribution in [2.75, 3.05) is 6.26 Å². The zero-order chi connectivity index (χ0) is 7.65. The van der Waals surface area contributed by atoms with Gasteiger partial charge in [-0.15, -0.1) is 27.5 Å². The van der Waals surface area contributed by atoms with Crippen LogP contribution in [0.25, 0.3) is 0 Å². The predicted molar refractivity (Wildman–Crippen MR) is 49.1 cm³/mol. The van der Waals surface area contributed by atoms with Crippen LogP contribution in [0.3, 0.4) is 0 Å². The molecule has 2 nitrogen and oxygen atoms in total. The van der Waals surface area contributed by atoms with Crippen molar-refractivity contribution in [2.24, 2.45) is 0 Å². The van der Waals surface area contributed by atoms with E-state index in [0.29, 0.717) is 0 Å². The SMILES string of the molecule is C.C[C-](P(Cl)Cl)S(C)(=O)=O. The summed E-state index contributed by atoms with van der Waals surface area (Å²) in [5, 5.41) is 0. The van der Waals surface area contributed by atoms with E-state index in [-0.39, 0.29) is 12.4 Å². The fourth-order valence-corrected chi connectivity index (χ4v) is 3.38. The molecule has 0 radical (unpaired) electrons. The van der Waals surface area contributed by atoms with Crippen LogP contribution in [0.2, 0.25) is 0 Å². The molecular weight excluding hydrogens is 214 g/mol. The minimum Gasteiger partial charge on any atom is -0.262 e. The van der Waals surface area contributed by atoms with Gasteiger partial charge in [0.05, 0.1) is 0 Å². The van der Waals surface area contributed by atoms with Gasteiger partial charge in [0.1, 0.15) is 0 Å². The number of sulfone groups is 1. The number of halogens is 2. The van der Waals surface area contributed by atoms with Crippen molar-refractivity contribution in [1.82, 2.24) is 0 Å². The van der Waals surface area contributed by atoms with Gasteiger partial charge in [0.25, 0.3) is 0 Å². The van der Waals surface area contributed by atoms with E-state index in [0.717, 1.165) is 6.26 Å². The van der Waals surface area contributed by atoms with E-state index in [2.05, 4.69) is 0 Å². The first-order valence-electron chi connectivity index (χ1n) is 2.01. The summed E-state index contributed by atoms with van der Waals surface area (Å²) in [7, 11) is -3.12. The minimum atomic E-state index is -3.12. The summed E-state index contributed by atoms with van der Waals surface area (Å²) in [6.45, 7) is -0.0589. The Kier molecular flexibility index (Phi) is 6.45. The topological polar surface area (TPSA) is 34.1 Å². The fourth-order valence-electron chi connectivity index (χ4n) is 0.125. The minimum absolute atomic E-state index is 0. The second kappa shape index (κ2) is 4.76. The van der Waals surface area contributed by atoms with Crippen molar-refractivity contribution in [2.45, 2.75) is 14.4 Å². The molecule has 0 N–H and O–H groups in total. The van der Waals surface area contributed by atoms with Crippen molar-refractivity contribution in [3.05, 3.63) is 4.99 Å². The average molecular weight is 224 g/mol. The maximum Gasteiger partial charge on any atom is 0.0296 e. The van der Waals surface area contributed by atoms with Gasteiger partial charge in [-0.05, 0) is 0 Å². The highest BCUT2D eigenvalue weighted by Gasteiger charge is 2.06. The van der Waals surface area contributed by atoms with Crippen LogP contribution in [0, 0.1) is 4.99 Å². The number of rotatable bonds is 2. The summed E-state index contributed by atoms with van der Waals surface area (Å²) in [6, 6.07) is 0. The van der Waals surface area contributed by atoms with Crippen molar-refractivity contribution >= 4 is 38.9 Å². The molecule has 0 atom stereocenters. The van der Waals surface area contributed by atoms with Crippen molar-refractivity contribution in [3.8, 4) is 0 Å². The van der Waals surface area contributed by atoms with E-state index in [1.54, 1.807) is 0 Å². The molecule has 0 aliphatic rings. The number of hydrogen-bond donors (Lipinski definition) is 0. The quantitative estimate of drug-likeness (QED) is 0.533. The lowest BCUT2D eigenvalue weighted by atomic mass is 11.0. The third kappa shape index (κ3) is 4.73. The second-order valence-corrected chi connectivity index (χ2v) is 7.67. The molecule has 0 aliphatic heterocycles. The Morgan fingerprint density at radius 3 is 1.70 bits per heavy atom. The summed E-state index contributed by atoms with van der Waals surface area (Å²) >= 11 is 10.7. The summed E-state index contributed by atoms with van der Waals surface area (Å²) in [4.78, 5) is 0.154. The highest BCUT2D eigenvalue weighted by atomic mass is 35.9. The largest absolute Gasteiger partial charge is 0.262 e. The van der Waals surface area contributed by atoms with E-state index in [1.165, 1.54) is 6.92 Å². The molecule has 0 amide bonds. The Balaban J connectivity index is 0. The lowest BCUT2D eigenvalue weighted by molar-refractivity contribution is 0.606. The van der Waals surface area contributed by atoms with Crippen molar-refractivity contribution in [1.29, 1.82) is 0 Å². The first-order chi connectivity index (χ1) is 3.85. The Labute approximate surface area is 73.2 Å². The van der Waals surface area contributed by atoms with Crippen LogP contribution in [0.15, 0.2) is 0 Å². The molecule has 64 valence electrons. The van der Waals surface area contributed by atoms with Gasteiger partial charge in [-0.25, -0.2) is 0 Å². The summed E-state index contributed by atoms with van der Waals surface area (Å²) in [5.74, 6) is 0. The molecule has 0 fully saturated rings. The first-order valence-corrected chi connectivity index (χ1v) is 7.05. The molecule has 0 aliphatic carbocycles. The predicted octanol–water partition coefficient (Wildman–Crippen LogP) is 2.97. The fraction of sp³-hybridized carbons (Fsp3) is 0.750. The molecule has 0 unspecified atom stereocenters. The molecule has 10 heavy (non-hydrogen) atoms. The van der Waals surface area contributed by atoms with E-state index in [9.17, 15) is 8.42 Å². The van der Waals surface area contributed by atoms with Gasteiger partial charge < -0.3 is 0 Å². The van der Waals surface area contributed by atoms with Crippen LogP contribution in [0.4, 0.5) is 0 Å². The highest BCUT2D eigenvalue weighted by molar-refractivity contribution is 8.17. The highest BCUT2D eigenvalue weighted by Crippen LogP contribution is 2.57. The standard InChI is InChI=1S/C3H6Cl2O2PS.CH4/c1-3(8(4)5)9(2,6)7;/h1-2H3;1H4/q-1;. The molecule has 0 heterocycles. The molecule has 0 aromatic heterocycles. The van der Waals surface area contributed by atoms with Crippen LogP contribution >= 0.6 is 29.1 Å². The molecule has 0 aromatic carbocycles. The Morgan fingerprint density at radius 1 is 1.40 bits per heavy atom. The van der Waals surface area contributed by atoms with Gasteiger partial charge in [-0.2, -0.15) is 6.92 Å². The maximum atomic E-state index is 10.6. The average Bonchev–Trinajstić information content (AvgIpc) is 1.62. The van der Waals surface area contributed by atoms with E-state index in [1.807, 2.05) is 0 Å². The lowest BCUT2D eigenvalue weighted by Gasteiger charge is -2.22. The first kappa shape index (κ1) is 13.5. The summed E-state index contributed by atoms with van der Waals surface area (Å²) < 4.78 is 21.2. The Hall–Kier alpha value is 0.960. The number of hydrogen-bond acceptors (Lipinski definition) is 2. The molecular formula is C4H10Cl2O2PS-. The van der Waals surface area contributed by atoms with Gasteiger partial charge in [-0.1, -0.05) is 14.1 Å². The molecule has 0 bridgehead atoms. The second-order valence-electron chi connectivity index (χ2n) is 1.52. The monoisotopic (exact) mass is 223 g/mol. The maximum absolute atomic E-state index is 10.6. The lowest BCUT2D eigenvalue weighted by Crippen LogP contribution is -2.01. The van der Waals surface area contributed by atoms with E-state index in [4.69, 9.17) is 22.5 Å². The van der Waals surface area contributed by atoms with Crippen molar-refractivity contribution < 1.29 is 8.42 Å². The van der Waals surface area contributed by atoms with Crippen molar-refractivity contribution in [3.63, 3.8) is 0 Å². The van der Waals surface area contributed by atoms with Gasteiger partial charge in [0, 0.05) is 16.1 Å². The van der Waals surface area contributed by atoms with Crippen LogP contribution in [-0.2, 0) is 9.84 Å². The van der Waals surface area contributed by atoms with E-state index >= 15 is 0 Å². The van der Waals surface area contributed by atoms with Gasteiger partial charge in [-0.3, -0.25) is 8.42 Å². The normalized spacial score (nSPS) is 11.8. The van der Waals surface area contributed by atoms with Gasteiger partial charge >= 0.3 is 0 Å². The smallest absolute Gasteiger partial charge is 0.0296 e. The molecule has 0 saturated carbocycles. The molecule has 6 heteroatoms. The Morgan fingerprint density at radius 2 is 1.70 bits per heavy atom. The molecule has 0 aromatic rings. The summed E-state index contributed by atoms with van der Waals surface area (Å²) in [6.07, 6.45) is 1.09. The van der Waals surface area contributed by atoms with Crippen LogP contribution < -0.4 is 0 Å². The molecule has 0 rings (SSSR count). The third-order valence-corrected chi connectivity index (χ3v) is 5.99. The van der Waals surface area contributed by atoms with E-state index < -0.39 is 16.5 Å². The molecule has 0 saturated heterocycles.